The molecular formula is C41H51N5O. The third-order valence-electron chi connectivity index (χ3n) is 7.59. The van der Waals surface area contributed by atoms with E-state index in [9.17, 15) is 4.79 Å². The maximum Gasteiger partial charge on any atom is 0.150 e. The molecule has 5 aromatic carbocycles. The van der Waals surface area contributed by atoms with E-state index in [1.54, 1.807) is 0 Å². The Kier molecular flexibility index (Phi) is 15.2. The van der Waals surface area contributed by atoms with E-state index in [2.05, 4.69) is 122 Å². The number of hydrogen-bond acceptors (Lipinski definition) is 6. The minimum Gasteiger partial charge on any atom is -0.378 e. The lowest BCUT2D eigenvalue weighted by molar-refractivity contribution is 0.112. The molecule has 0 bridgehead atoms. The molecule has 0 radical (unpaired) electrons. The Hall–Kier alpha value is -4.91. The van der Waals surface area contributed by atoms with Crippen molar-refractivity contribution in [2.45, 2.75) is 26.2 Å². The topological polar surface area (TPSA) is 56.1 Å². The van der Waals surface area contributed by atoms with Crippen molar-refractivity contribution in [3.63, 3.8) is 0 Å². The first-order valence-electron chi connectivity index (χ1n) is 15.9. The van der Waals surface area contributed by atoms with E-state index in [0.717, 1.165) is 37.2 Å². The zero-order chi connectivity index (χ0) is 34.0. The highest BCUT2D eigenvalue weighted by molar-refractivity contribution is 5.75. The Morgan fingerprint density at radius 1 is 0.447 bits per heavy atom. The first-order valence-corrected chi connectivity index (χ1v) is 15.9. The fourth-order valence-electron chi connectivity index (χ4n) is 4.79. The van der Waals surface area contributed by atoms with Gasteiger partial charge < -0.3 is 20.4 Å². The van der Waals surface area contributed by atoms with Crippen molar-refractivity contribution in [2.24, 2.45) is 5.73 Å². The predicted molar refractivity (Wildman–Crippen MR) is 201 cm³/mol. The molecule has 47 heavy (non-hydrogen) atoms. The lowest BCUT2D eigenvalue weighted by Gasteiger charge is -2.24. The Morgan fingerprint density at radius 3 is 1.06 bits per heavy atom. The maximum atomic E-state index is 10.3. The molecule has 246 valence electrons. The molecule has 0 unspecified atom stereocenters. The molecule has 6 heteroatoms. The van der Waals surface area contributed by atoms with Crippen LogP contribution in [0.3, 0.4) is 0 Å². The number of hydrogen-bond donors (Lipinski definition) is 1. The highest BCUT2D eigenvalue weighted by Crippen LogP contribution is 2.19. The number of carbonyl (C=O) groups is 1. The van der Waals surface area contributed by atoms with Crippen molar-refractivity contribution in [3.8, 4) is 0 Å². The summed E-state index contributed by atoms with van der Waals surface area (Å²) in [5, 5.41) is 0. The highest BCUT2D eigenvalue weighted by Gasteiger charge is 2.09. The molecule has 6 nitrogen and oxygen atoms in total. The van der Waals surface area contributed by atoms with E-state index in [0.29, 0.717) is 6.54 Å². The molecule has 0 saturated carbocycles. The van der Waals surface area contributed by atoms with Crippen molar-refractivity contribution in [2.75, 3.05) is 57.0 Å². The van der Waals surface area contributed by atoms with E-state index in [1.807, 2.05) is 73.6 Å². The van der Waals surface area contributed by atoms with E-state index in [-0.39, 0.29) is 0 Å². The molecule has 0 aliphatic carbocycles. The van der Waals surface area contributed by atoms with Crippen LogP contribution >= 0.6 is 0 Å². The van der Waals surface area contributed by atoms with Crippen LogP contribution in [0, 0.1) is 0 Å². The van der Waals surface area contributed by atoms with Crippen LogP contribution in [0.4, 0.5) is 17.1 Å². The lowest BCUT2D eigenvalue weighted by atomic mass is 10.1. The number of benzene rings is 5. The van der Waals surface area contributed by atoms with Gasteiger partial charge in [-0.1, -0.05) is 84.9 Å². The second-order valence-electron chi connectivity index (χ2n) is 12.0. The SMILES string of the molecule is CN(C)c1ccc(C=O)cc1.CN(C)c1ccc(CN(Cc2ccccc2)Cc2ccc(N(C)C)cc2)cc1.NCc1ccccc1. The van der Waals surface area contributed by atoms with E-state index >= 15 is 0 Å². The highest BCUT2D eigenvalue weighted by atomic mass is 16.1. The summed E-state index contributed by atoms with van der Waals surface area (Å²) in [5.41, 5.74) is 14.9. The van der Waals surface area contributed by atoms with Gasteiger partial charge in [0.15, 0.2) is 0 Å². The summed E-state index contributed by atoms with van der Waals surface area (Å²) in [7, 11) is 12.2. The van der Waals surface area contributed by atoms with Gasteiger partial charge in [0.25, 0.3) is 0 Å². The van der Waals surface area contributed by atoms with Gasteiger partial charge in [-0.2, -0.15) is 0 Å². The first-order chi connectivity index (χ1) is 22.7. The summed E-state index contributed by atoms with van der Waals surface area (Å²) >= 11 is 0. The van der Waals surface area contributed by atoms with Gasteiger partial charge >= 0.3 is 0 Å². The standard InChI is InChI=1S/C25H31N3.C9H11NO.C7H9N/c1-26(2)24-14-10-22(11-15-24)19-28(18-21-8-6-5-7-9-21)20-23-12-16-25(17-13-23)27(3)4;1-10(2)9-5-3-8(7-11)4-6-9;8-6-7-4-2-1-3-5-7/h5-17H,18-20H2,1-4H3;3-7H,1-2H3;1-5H,6,8H2. The Bertz CT molecular complexity index is 1500. The summed E-state index contributed by atoms with van der Waals surface area (Å²) in [6.45, 7) is 3.43. The summed E-state index contributed by atoms with van der Waals surface area (Å²) in [5.74, 6) is 0. The molecule has 0 heterocycles. The third kappa shape index (κ3) is 13.2. The van der Waals surface area contributed by atoms with Crippen LogP contribution in [0.25, 0.3) is 0 Å². The van der Waals surface area contributed by atoms with Crippen LogP contribution in [-0.2, 0) is 26.2 Å². The van der Waals surface area contributed by atoms with Crippen molar-refractivity contribution < 1.29 is 4.79 Å². The summed E-state index contributed by atoms with van der Waals surface area (Å²) in [4.78, 5) is 19.0. The van der Waals surface area contributed by atoms with Gasteiger partial charge in [-0.05, 0) is 70.8 Å². The third-order valence-corrected chi connectivity index (χ3v) is 7.59. The largest absolute Gasteiger partial charge is 0.378 e. The smallest absolute Gasteiger partial charge is 0.150 e. The van der Waals surface area contributed by atoms with Crippen molar-refractivity contribution in [1.82, 2.24) is 4.90 Å². The molecule has 5 aromatic rings. The average molecular weight is 630 g/mol. The monoisotopic (exact) mass is 629 g/mol. The summed E-state index contributed by atoms with van der Waals surface area (Å²) < 4.78 is 0. The van der Waals surface area contributed by atoms with E-state index < -0.39 is 0 Å². The number of nitrogens with two attached hydrogens (primary N) is 1. The van der Waals surface area contributed by atoms with Crippen molar-refractivity contribution >= 4 is 23.3 Å². The molecule has 0 saturated heterocycles. The van der Waals surface area contributed by atoms with Gasteiger partial charge in [0, 0.05) is 91.1 Å². The zero-order valence-electron chi connectivity index (χ0n) is 28.9. The van der Waals surface area contributed by atoms with Gasteiger partial charge in [-0.25, -0.2) is 0 Å². The Morgan fingerprint density at radius 2 is 0.766 bits per heavy atom. The van der Waals surface area contributed by atoms with Gasteiger partial charge in [-0.3, -0.25) is 9.69 Å². The van der Waals surface area contributed by atoms with Gasteiger partial charge in [0.05, 0.1) is 0 Å². The van der Waals surface area contributed by atoms with Gasteiger partial charge in [0.2, 0.25) is 0 Å². The van der Waals surface area contributed by atoms with Crippen LogP contribution < -0.4 is 20.4 Å². The number of aldehydes is 1. The number of carbonyl (C=O) groups excluding carboxylic acids is 1. The van der Waals surface area contributed by atoms with Crippen LogP contribution in [0.15, 0.2) is 133 Å². The number of anilines is 3. The molecule has 0 amide bonds. The molecule has 0 aromatic heterocycles. The molecule has 0 aliphatic heterocycles. The summed E-state index contributed by atoms with van der Waals surface area (Å²) in [6, 6.07) is 45.9. The van der Waals surface area contributed by atoms with Crippen LogP contribution in [-0.4, -0.2) is 53.5 Å². The normalized spacial score (nSPS) is 10.2. The predicted octanol–water partition coefficient (Wildman–Crippen LogP) is 7.73. The Labute approximate surface area is 282 Å². The molecular weight excluding hydrogens is 578 g/mol. The molecule has 0 spiro atoms. The Balaban J connectivity index is 0.000000256. The number of nitrogens with zero attached hydrogens (tertiary/aromatic N) is 4. The molecule has 0 atom stereocenters. The maximum absolute atomic E-state index is 10.3. The van der Waals surface area contributed by atoms with Gasteiger partial charge in [0.1, 0.15) is 6.29 Å². The fourth-order valence-corrected chi connectivity index (χ4v) is 4.79. The zero-order valence-corrected chi connectivity index (χ0v) is 28.9. The fraction of sp³-hybridized carbons (Fsp3) is 0.244. The van der Waals surface area contributed by atoms with Gasteiger partial charge in [-0.15, -0.1) is 0 Å². The first kappa shape index (κ1) is 36.6. The lowest BCUT2D eigenvalue weighted by Crippen LogP contribution is -2.22. The minimum absolute atomic E-state index is 0.640. The van der Waals surface area contributed by atoms with Crippen LogP contribution in [0.1, 0.15) is 32.6 Å². The molecule has 0 fully saturated rings. The minimum atomic E-state index is 0.640. The number of rotatable bonds is 11. The van der Waals surface area contributed by atoms with E-state index in [1.165, 1.54) is 33.6 Å². The van der Waals surface area contributed by atoms with Crippen molar-refractivity contribution in [1.29, 1.82) is 0 Å². The summed E-state index contributed by atoms with van der Waals surface area (Å²) in [6.07, 6.45) is 0.847. The van der Waals surface area contributed by atoms with E-state index in [4.69, 9.17) is 5.73 Å². The van der Waals surface area contributed by atoms with Crippen LogP contribution in [0.5, 0.6) is 0 Å². The molecule has 5 rings (SSSR count). The second kappa shape index (κ2) is 19.6. The average Bonchev–Trinajstić information content (AvgIpc) is 3.10. The van der Waals surface area contributed by atoms with Crippen molar-refractivity contribution in [3.05, 3.63) is 161 Å². The second-order valence-corrected chi connectivity index (χ2v) is 12.0. The van der Waals surface area contributed by atoms with Crippen LogP contribution in [0.2, 0.25) is 0 Å². The quantitative estimate of drug-likeness (QED) is 0.151. The molecule has 0 aliphatic rings. The molecule has 2 N–H and O–H groups in total.